The lowest BCUT2D eigenvalue weighted by Crippen LogP contribution is -2.20. The van der Waals surface area contributed by atoms with E-state index in [2.05, 4.69) is 9.72 Å². The van der Waals surface area contributed by atoms with E-state index in [0.29, 0.717) is 11.1 Å². The molecular weight excluding hydrogens is 238 g/mol. The van der Waals surface area contributed by atoms with Crippen molar-refractivity contribution in [3.05, 3.63) is 29.1 Å². The molecule has 1 heterocycles. The summed E-state index contributed by atoms with van der Waals surface area (Å²) >= 11 is 0. The highest BCUT2D eigenvalue weighted by Crippen LogP contribution is 2.20. The van der Waals surface area contributed by atoms with Gasteiger partial charge in [-0.05, 0) is 25.0 Å². The van der Waals surface area contributed by atoms with Gasteiger partial charge >= 0.3 is 5.97 Å². The van der Waals surface area contributed by atoms with Crippen molar-refractivity contribution in [2.24, 2.45) is 0 Å². The van der Waals surface area contributed by atoms with Crippen LogP contribution in [0.15, 0.2) is 12.3 Å². The van der Waals surface area contributed by atoms with Crippen LogP contribution in [0.25, 0.3) is 0 Å². The van der Waals surface area contributed by atoms with Crippen molar-refractivity contribution in [3.63, 3.8) is 0 Å². The number of hydrogen-bond acceptors (Lipinski definition) is 6. The Kier molecular flexibility index (Phi) is 5.21. The van der Waals surface area contributed by atoms with Crippen molar-refractivity contribution in [1.29, 1.82) is 0 Å². The Hall–Kier alpha value is -1.50. The molecule has 0 aromatic carbocycles. The van der Waals surface area contributed by atoms with Gasteiger partial charge in [0.2, 0.25) is 0 Å². The molecule has 0 saturated heterocycles. The first kappa shape index (κ1) is 14.6. The summed E-state index contributed by atoms with van der Waals surface area (Å²) in [6.45, 7) is 1.44. The summed E-state index contributed by atoms with van der Waals surface area (Å²) in [4.78, 5) is 15.2. The Morgan fingerprint density at radius 3 is 2.67 bits per heavy atom. The third-order valence-electron chi connectivity index (χ3n) is 2.61. The Morgan fingerprint density at radius 1 is 1.50 bits per heavy atom. The second-order valence-electron chi connectivity index (χ2n) is 3.95. The van der Waals surface area contributed by atoms with Gasteiger partial charge in [0.15, 0.2) is 5.69 Å². The van der Waals surface area contributed by atoms with Gasteiger partial charge in [0.05, 0.1) is 13.2 Å². The monoisotopic (exact) mass is 255 g/mol. The maximum absolute atomic E-state index is 11.3. The van der Waals surface area contributed by atoms with Gasteiger partial charge in [-0.15, -0.1) is 0 Å². The highest BCUT2D eigenvalue weighted by molar-refractivity contribution is 5.88. The first-order valence-corrected chi connectivity index (χ1v) is 5.53. The Labute approximate surface area is 105 Å². The van der Waals surface area contributed by atoms with E-state index >= 15 is 0 Å². The Balaban J connectivity index is 2.93. The first-order valence-electron chi connectivity index (χ1n) is 5.53. The number of carbonyl (C=O) groups is 1. The molecule has 0 spiro atoms. The SMILES string of the molecule is COC(=O)c1ncc(C(O)C(O)CCO)cc1C. The van der Waals surface area contributed by atoms with Crippen molar-refractivity contribution in [3.8, 4) is 0 Å². The van der Waals surface area contributed by atoms with E-state index in [1.54, 1.807) is 13.0 Å². The van der Waals surface area contributed by atoms with Crippen LogP contribution < -0.4 is 0 Å². The number of aryl methyl sites for hydroxylation is 1. The van der Waals surface area contributed by atoms with Crippen LogP contribution in [0.2, 0.25) is 0 Å². The topological polar surface area (TPSA) is 99.9 Å². The molecule has 0 aliphatic rings. The molecule has 6 heteroatoms. The minimum Gasteiger partial charge on any atom is -0.464 e. The number of aliphatic hydroxyl groups is 3. The minimum atomic E-state index is -1.14. The molecule has 0 amide bonds. The molecule has 3 N–H and O–H groups in total. The Bertz CT molecular complexity index is 421. The molecule has 18 heavy (non-hydrogen) atoms. The smallest absolute Gasteiger partial charge is 0.356 e. The van der Waals surface area contributed by atoms with Crippen LogP contribution in [0.1, 0.15) is 34.1 Å². The number of ether oxygens (including phenoxy) is 1. The second kappa shape index (κ2) is 6.44. The van der Waals surface area contributed by atoms with Gasteiger partial charge in [0.1, 0.15) is 6.10 Å². The quantitative estimate of drug-likeness (QED) is 0.638. The molecule has 1 aromatic rings. The molecule has 0 saturated carbocycles. The van der Waals surface area contributed by atoms with E-state index in [1.165, 1.54) is 13.3 Å². The van der Waals surface area contributed by atoms with E-state index < -0.39 is 18.2 Å². The van der Waals surface area contributed by atoms with Crippen LogP contribution in [0.3, 0.4) is 0 Å². The molecule has 0 radical (unpaired) electrons. The largest absolute Gasteiger partial charge is 0.464 e. The number of methoxy groups -OCH3 is 1. The maximum atomic E-state index is 11.3. The number of aliphatic hydroxyl groups excluding tert-OH is 3. The second-order valence-corrected chi connectivity index (χ2v) is 3.95. The van der Waals surface area contributed by atoms with Gasteiger partial charge in [-0.3, -0.25) is 0 Å². The van der Waals surface area contributed by atoms with E-state index in [1.807, 2.05) is 0 Å². The molecule has 1 aromatic heterocycles. The molecular formula is C12H17NO5. The standard InChI is InChI=1S/C12H17NO5/c1-7-5-8(11(16)9(15)3-4-14)6-13-10(7)12(17)18-2/h5-6,9,11,14-16H,3-4H2,1-2H3. The molecule has 2 unspecified atom stereocenters. The average Bonchev–Trinajstić information content (AvgIpc) is 2.37. The summed E-state index contributed by atoms with van der Waals surface area (Å²) in [5, 5.41) is 28.1. The van der Waals surface area contributed by atoms with Crippen molar-refractivity contribution < 1.29 is 24.9 Å². The summed E-state index contributed by atoms with van der Waals surface area (Å²) < 4.78 is 4.56. The van der Waals surface area contributed by atoms with Gasteiger partial charge in [-0.1, -0.05) is 0 Å². The van der Waals surface area contributed by atoms with E-state index in [4.69, 9.17) is 5.11 Å². The van der Waals surface area contributed by atoms with Crippen LogP contribution in [0, 0.1) is 6.92 Å². The average molecular weight is 255 g/mol. The van der Waals surface area contributed by atoms with E-state index in [9.17, 15) is 15.0 Å². The van der Waals surface area contributed by atoms with Crippen LogP contribution in [-0.2, 0) is 4.74 Å². The molecule has 2 atom stereocenters. The predicted molar refractivity (Wildman–Crippen MR) is 63.0 cm³/mol. The fourth-order valence-electron chi connectivity index (χ4n) is 1.58. The van der Waals surface area contributed by atoms with Crippen LogP contribution in [0.5, 0.6) is 0 Å². The normalized spacial score (nSPS) is 14.1. The summed E-state index contributed by atoms with van der Waals surface area (Å²) in [7, 11) is 1.26. The number of carbonyl (C=O) groups excluding carboxylic acids is 1. The highest BCUT2D eigenvalue weighted by Gasteiger charge is 2.20. The molecule has 100 valence electrons. The lowest BCUT2D eigenvalue weighted by atomic mass is 10.0. The fourth-order valence-corrected chi connectivity index (χ4v) is 1.58. The molecule has 1 rings (SSSR count). The molecule has 0 aliphatic carbocycles. The summed E-state index contributed by atoms with van der Waals surface area (Å²) in [6, 6.07) is 1.56. The van der Waals surface area contributed by atoms with Gasteiger partial charge in [0.25, 0.3) is 0 Å². The summed E-state index contributed by atoms with van der Waals surface area (Å²) in [6.07, 6.45) is -0.834. The van der Waals surface area contributed by atoms with Crippen LogP contribution in [-0.4, -0.2) is 46.1 Å². The number of rotatable bonds is 5. The molecule has 0 bridgehead atoms. The zero-order chi connectivity index (χ0) is 13.7. The van der Waals surface area contributed by atoms with Crippen LogP contribution >= 0.6 is 0 Å². The predicted octanol–water partition coefficient (Wildman–Crippen LogP) is -0.0467. The Morgan fingerprint density at radius 2 is 2.17 bits per heavy atom. The summed E-state index contributed by atoms with van der Waals surface area (Å²) in [5.41, 5.74) is 1.11. The van der Waals surface area contributed by atoms with Gasteiger partial charge in [-0.25, -0.2) is 9.78 Å². The van der Waals surface area contributed by atoms with Crippen molar-refractivity contribution >= 4 is 5.97 Å². The van der Waals surface area contributed by atoms with Crippen LogP contribution in [0.4, 0.5) is 0 Å². The maximum Gasteiger partial charge on any atom is 0.356 e. The molecule has 0 aliphatic heterocycles. The van der Waals surface area contributed by atoms with Gasteiger partial charge in [0, 0.05) is 18.4 Å². The van der Waals surface area contributed by atoms with Gasteiger partial charge < -0.3 is 20.1 Å². The molecule has 6 nitrogen and oxygen atoms in total. The number of nitrogens with zero attached hydrogens (tertiary/aromatic N) is 1. The van der Waals surface area contributed by atoms with Crippen molar-refractivity contribution in [1.82, 2.24) is 4.98 Å². The lowest BCUT2D eigenvalue weighted by molar-refractivity contribution is 0.00399. The van der Waals surface area contributed by atoms with E-state index in [-0.39, 0.29) is 18.7 Å². The zero-order valence-electron chi connectivity index (χ0n) is 10.3. The number of pyridine rings is 1. The summed E-state index contributed by atoms with van der Waals surface area (Å²) in [5.74, 6) is -0.551. The zero-order valence-corrected chi connectivity index (χ0v) is 10.3. The van der Waals surface area contributed by atoms with Gasteiger partial charge in [-0.2, -0.15) is 0 Å². The van der Waals surface area contributed by atoms with E-state index in [0.717, 1.165) is 0 Å². The fraction of sp³-hybridized carbons (Fsp3) is 0.500. The van der Waals surface area contributed by atoms with Crippen molar-refractivity contribution in [2.75, 3.05) is 13.7 Å². The first-order chi connectivity index (χ1) is 8.51. The number of esters is 1. The van der Waals surface area contributed by atoms with Crippen molar-refractivity contribution in [2.45, 2.75) is 25.6 Å². The lowest BCUT2D eigenvalue weighted by Gasteiger charge is -2.17. The number of hydrogen-bond donors (Lipinski definition) is 3. The minimum absolute atomic E-state index is 0.0684. The number of aromatic nitrogens is 1. The third-order valence-corrected chi connectivity index (χ3v) is 2.61. The third kappa shape index (κ3) is 3.25. The molecule has 0 fully saturated rings. The highest BCUT2D eigenvalue weighted by atomic mass is 16.5.